The van der Waals surface area contributed by atoms with E-state index in [1.54, 1.807) is 0 Å². The molecule has 0 heteroatoms. The van der Waals surface area contributed by atoms with Crippen molar-refractivity contribution in [1.82, 2.24) is 0 Å². The first-order valence-electron chi connectivity index (χ1n) is 5.10. The predicted octanol–water partition coefficient (Wildman–Crippen LogP) is 3.53. The van der Waals surface area contributed by atoms with Crippen molar-refractivity contribution in [3.63, 3.8) is 0 Å². The zero-order chi connectivity index (χ0) is 7.52. The van der Waals surface area contributed by atoms with Gasteiger partial charge in [-0.15, -0.1) is 0 Å². The lowest BCUT2D eigenvalue weighted by atomic mass is 9.92. The molecule has 0 atom stereocenters. The molecule has 0 nitrogen and oxygen atoms in total. The van der Waals surface area contributed by atoms with E-state index in [-0.39, 0.29) is 0 Å². The van der Waals surface area contributed by atoms with Crippen LogP contribution in [0.25, 0.3) is 0 Å². The SMILES string of the molecule is C1=CCC(CC2CCCC2)C1. The van der Waals surface area contributed by atoms with Crippen LogP contribution in [-0.2, 0) is 0 Å². The molecule has 0 aromatic rings. The first-order chi connectivity index (χ1) is 5.45. The Morgan fingerprint density at radius 3 is 2.18 bits per heavy atom. The van der Waals surface area contributed by atoms with Crippen LogP contribution in [0.4, 0.5) is 0 Å². The molecule has 0 unspecified atom stereocenters. The number of rotatable bonds is 2. The van der Waals surface area contributed by atoms with Gasteiger partial charge < -0.3 is 0 Å². The van der Waals surface area contributed by atoms with Gasteiger partial charge in [-0.2, -0.15) is 0 Å². The Balaban J connectivity index is 1.72. The number of hydrogen-bond acceptors (Lipinski definition) is 0. The van der Waals surface area contributed by atoms with Crippen LogP contribution in [0, 0.1) is 11.8 Å². The quantitative estimate of drug-likeness (QED) is 0.528. The molecule has 0 aromatic heterocycles. The minimum atomic E-state index is 1.03. The first-order valence-corrected chi connectivity index (χ1v) is 5.10. The Bertz CT molecular complexity index is 132. The van der Waals surface area contributed by atoms with Gasteiger partial charge in [-0.3, -0.25) is 0 Å². The summed E-state index contributed by atoms with van der Waals surface area (Å²) in [4.78, 5) is 0. The highest BCUT2D eigenvalue weighted by atomic mass is 14.3. The molecule has 2 aliphatic carbocycles. The molecule has 0 aliphatic heterocycles. The Kier molecular flexibility index (Phi) is 2.30. The molecule has 11 heavy (non-hydrogen) atoms. The summed E-state index contributed by atoms with van der Waals surface area (Å²) in [6.07, 6.45) is 15.0. The summed E-state index contributed by atoms with van der Waals surface area (Å²) in [6.45, 7) is 0. The summed E-state index contributed by atoms with van der Waals surface area (Å²) in [5.74, 6) is 2.12. The van der Waals surface area contributed by atoms with E-state index in [4.69, 9.17) is 0 Å². The van der Waals surface area contributed by atoms with Crippen molar-refractivity contribution < 1.29 is 0 Å². The average molecular weight is 150 g/mol. The smallest absolute Gasteiger partial charge is 0.0319 e. The molecule has 0 N–H and O–H groups in total. The van der Waals surface area contributed by atoms with Crippen LogP contribution in [0.2, 0.25) is 0 Å². The monoisotopic (exact) mass is 150 g/mol. The summed E-state index contributed by atoms with van der Waals surface area (Å²) < 4.78 is 0. The number of hydrogen-bond donors (Lipinski definition) is 0. The standard InChI is InChI=1S/C11H18/c1-2-6-10(5-1)9-11-7-3-4-8-11/h1-2,10-11H,3-9H2. The van der Waals surface area contributed by atoms with E-state index in [2.05, 4.69) is 12.2 Å². The van der Waals surface area contributed by atoms with E-state index in [0.29, 0.717) is 0 Å². The van der Waals surface area contributed by atoms with E-state index in [9.17, 15) is 0 Å². The summed E-state index contributed by atoms with van der Waals surface area (Å²) in [5.41, 5.74) is 0. The van der Waals surface area contributed by atoms with Gasteiger partial charge in [0.15, 0.2) is 0 Å². The fourth-order valence-electron chi connectivity index (χ4n) is 2.58. The highest BCUT2D eigenvalue weighted by Gasteiger charge is 2.20. The maximum absolute atomic E-state index is 2.36. The van der Waals surface area contributed by atoms with Gasteiger partial charge in [-0.25, -0.2) is 0 Å². The van der Waals surface area contributed by atoms with E-state index in [0.717, 1.165) is 11.8 Å². The van der Waals surface area contributed by atoms with Crippen LogP contribution in [-0.4, -0.2) is 0 Å². The molecule has 0 bridgehead atoms. The van der Waals surface area contributed by atoms with E-state index >= 15 is 0 Å². The molecule has 0 saturated heterocycles. The predicted molar refractivity (Wildman–Crippen MR) is 48.4 cm³/mol. The molecule has 0 heterocycles. The third-order valence-electron chi connectivity index (χ3n) is 3.25. The lowest BCUT2D eigenvalue weighted by Crippen LogP contribution is -2.02. The van der Waals surface area contributed by atoms with Crippen molar-refractivity contribution in [1.29, 1.82) is 0 Å². The normalized spacial score (nSPS) is 26.9. The Hall–Kier alpha value is -0.260. The summed E-state index contributed by atoms with van der Waals surface area (Å²) in [7, 11) is 0. The van der Waals surface area contributed by atoms with Crippen LogP contribution < -0.4 is 0 Å². The third-order valence-corrected chi connectivity index (χ3v) is 3.25. The van der Waals surface area contributed by atoms with Crippen LogP contribution in [0.5, 0.6) is 0 Å². The first kappa shape index (κ1) is 7.39. The van der Waals surface area contributed by atoms with Crippen LogP contribution in [0.3, 0.4) is 0 Å². The minimum Gasteiger partial charge on any atom is -0.0882 e. The van der Waals surface area contributed by atoms with Gasteiger partial charge in [-0.1, -0.05) is 37.8 Å². The van der Waals surface area contributed by atoms with Crippen LogP contribution >= 0.6 is 0 Å². The van der Waals surface area contributed by atoms with Crippen molar-refractivity contribution in [2.75, 3.05) is 0 Å². The second kappa shape index (κ2) is 3.42. The lowest BCUT2D eigenvalue weighted by Gasteiger charge is -2.14. The Morgan fingerprint density at radius 2 is 1.55 bits per heavy atom. The summed E-state index contributed by atoms with van der Waals surface area (Å²) in [5, 5.41) is 0. The zero-order valence-corrected chi connectivity index (χ0v) is 7.26. The van der Waals surface area contributed by atoms with Gasteiger partial charge in [0.1, 0.15) is 0 Å². The molecular weight excluding hydrogens is 132 g/mol. The summed E-state index contributed by atoms with van der Waals surface area (Å²) in [6, 6.07) is 0. The molecule has 1 saturated carbocycles. The maximum atomic E-state index is 2.36. The molecule has 62 valence electrons. The highest BCUT2D eigenvalue weighted by Crippen LogP contribution is 2.34. The van der Waals surface area contributed by atoms with Crippen molar-refractivity contribution in [2.45, 2.75) is 44.9 Å². The Morgan fingerprint density at radius 1 is 0.909 bits per heavy atom. The van der Waals surface area contributed by atoms with E-state index in [1.807, 2.05) is 0 Å². The molecule has 1 fully saturated rings. The maximum Gasteiger partial charge on any atom is -0.0319 e. The fourth-order valence-corrected chi connectivity index (χ4v) is 2.58. The van der Waals surface area contributed by atoms with Crippen molar-refractivity contribution in [2.24, 2.45) is 11.8 Å². The van der Waals surface area contributed by atoms with Gasteiger partial charge in [-0.05, 0) is 31.1 Å². The van der Waals surface area contributed by atoms with Gasteiger partial charge in [0.05, 0.1) is 0 Å². The molecule has 0 aromatic carbocycles. The highest BCUT2D eigenvalue weighted by molar-refractivity contribution is 4.94. The van der Waals surface area contributed by atoms with Crippen molar-refractivity contribution in [3.8, 4) is 0 Å². The molecular formula is C11H18. The van der Waals surface area contributed by atoms with Gasteiger partial charge >= 0.3 is 0 Å². The van der Waals surface area contributed by atoms with E-state index < -0.39 is 0 Å². The lowest BCUT2D eigenvalue weighted by molar-refractivity contribution is 0.390. The molecule has 2 aliphatic rings. The van der Waals surface area contributed by atoms with Crippen molar-refractivity contribution in [3.05, 3.63) is 12.2 Å². The topological polar surface area (TPSA) is 0 Å². The minimum absolute atomic E-state index is 1.03. The van der Waals surface area contributed by atoms with Gasteiger partial charge in [0.2, 0.25) is 0 Å². The van der Waals surface area contributed by atoms with Gasteiger partial charge in [0.25, 0.3) is 0 Å². The molecule has 0 radical (unpaired) electrons. The van der Waals surface area contributed by atoms with Crippen LogP contribution in [0.15, 0.2) is 12.2 Å². The van der Waals surface area contributed by atoms with Crippen molar-refractivity contribution >= 4 is 0 Å². The Labute approximate surface area is 69.7 Å². The molecule has 0 amide bonds. The zero-order valence-electron chi connectivity index (χ0n) is 7.26. The molecule has 0 spiro atoms. The number of allylic oxidation sites excluding steroid dienone is 2. The summed E-state index contributed by atoms with van der Waals surface area (Å²) >= 11 is 0. The fraction of sp³-hybridized carbons (Fsp3) is 0.818. The second-order valence-corrected chi connectivity index (χ2v) is 4.20. The largest absolute Gasteiger partial charge is 0.0882 e. The van der Waals surface area contributed by atoms with Crippen LogP contribution in [0.1, 0.15) is 44.9 Å². The van der Waals surface area contributed by atoms with E-state index in [1.165, 1.54) is 44.9 Å². The average Bonchev–Trinajstić information content (AvgIpc) is 2.60. The molecule has 2 rings (SSSR count). The third kappa shape index (κ3) is 1.85. The van der Waals surface area contributed by atoms with Gasteiger partial charge in [0, 0.05) is 0 Å². The second-order valence-electron chi connectivity index (χ2n) is 4.20.